The van der Waals surface area contributed by atoms with Gasteiger partial charge in [-0.15, -0.1) is 0 Å². The number of carbonyl (C=O) groups excluding carboxylic acids is 2. The molecule has 0 heterocycles. The maximum absolute atomic E-state index is 12.8. The first-order valence-electron chi connectivity index (χ1n) is 9.00. The molecule has 1 aliphatic carbocycles. The molecule has 1 fully saturated rings. The molecule has 0 unspecified atom stereocenters. The standard InChI is InChI=1S/C21H25N3O2/c1-24(18-10-3-2-4-11-18)20(26)17-9-7-8-16(14-17)19(25)23-21(15-22)12-5-6-13-21/h2-4,7-11,14H,5-6,12-13,15,22H2,1H3,(H,23,25). The van der Waals surface area contributed by atoms with Crippen LogP contribution in [0.2, 0.25) is 0 Å². The van der Waals surface area contributed by atoms with Gasteiger partial charge in [0.25, 0.3) is 11.8 Å². The molecular weight excluding hydrogens is 326 g/mol. The van der Waals surface area contributed by atoms with Crippen molar-refractivity contribution < 1.29 is 9.59 Å². The number of rotatable bonds is 5. The number of hydrogen-bond acceptors (Lipinski definition) is 3. The summed E-state index contributed by atoms with van der Waals surface area (Å²) in [7, 11) is 1.73. The van der Waals surface area contributed by atoms with Crippen LogP contribution in [0.5, 0.6) is 0 Å². The highest BCUT2D eigenvalue weighted by molar-refractivity contribution is 6.07. The first kappa shape index (κ1) is 18.1. The zero-order valence-electron chi connectivity index (χ0n) is 15.1. The van der Waals surface area contributed by atoms with Crippen LogP contribution in [-0.2, 0) is 0 Å². The molecule has 2 amide bonds. The fraction of sp³-hybridized carbons (Fsp3) is 0.333. The Morgan fingerprint density at radius 1 is 1.04 bits per heavy atom. The molecule has 0 bridgehead atoms. The van der Waals surface area contributed by atoms with E-state index >= 15 is 0 Å². The van der Waals surface area contributed by atoms with E-state index in [1.54, 1.807) is 36.2 Å². The minimum Gasteiger partial charge on any atom is -0.345 e. The third kappa shape index (κ3) is 3.78. The van der Waals surface area contributed by atoms with Crippen LogP contribution >= 0.6 is 0 Å². The lowest BCUT2D eigenvalue weighted by molar-refractivity contribution is 0.0903. The van der Waals surface area contributed by atoms with Crippen LogP contribution in [-0.4, -0.2) is 30.9 Å². The van der Waals surface area contributed by atoms with Gasteiger partial charge in [-0.1, -0.05) is 37.1 Å². The zero-order valence-corrected chi connectivity index (χ0v) is 15.1. The highest BCUT2D eigenvalue weighted by Crippen LogP contribution is 2.29. The summed E-state index contributed by atoms with van der Waals surface area (Å²) in [6, 6.07) is 16.3. The summed E-state index contributed by atoms with van der Waals surface area (Å²) < 4.78 is 0. The Labute approximate surface area is 154 Å². The van der Waals surface area contributed by atoms with Crippen LogP contribution in [0.25, 0.3) is 0 Å². The fourth-order valence-corrected chi connectivity index (χ4v) is 3.50. The Kier molecular flexibility index (Phi) is 5.38. The van der Waals surface area contributed by atoms with Gasteiger partial charge >= 0.3 is 0 Å². The smallest absolute Gasteiger partial charge is 0.258 e. The van der Waals surface area contributed by atoms with E-state index in [0.717, 1.165) is 31.4 Å². The van der Waals surface area contributed by atoms with E-state index in [4.69, 9.17) is 5.73 Å². The van der Waals surface area contributed by atoms with Crippen molar-refractivity contribution in [3.8, 4) is 0 Å². The number of carbonyl (C=O) groups is 2. The first-order chi connectivity index (χ1) is 12.5. The second-order valence-electron chi connectivity index (χ2n) is 6.93. The van der Waals surface area contributed by atoms with Crippen molar-refractivity contribution in [3.63, 3.8) is 0 Å². The van der Waals surface area contributed by atoms with Crippen LogP contribution < -0.4 is 16.0 Å². The number of nitrogens with two attached hydrogens (primary N) is 1. The van der Waals surface area contributed by atoms with Crippen molar-refractivity contribution in [1.29, 1.82) is 0 Å². The molecule has 0 saturated heterocycles. The van der Waals surface area contributed by atoms with Gasteiger partial charge in [-0.2, -0.15) is 0 Å². The minimum atomic E-state index is -0.308. The second-order valence-corrected chi connectivity index (χ2v) is 6.93. The summed E-state index contributed by atoms with van der Waals surface area (Å²) in [5.41, 5.74) is 7.37. The largest absolute Gasteiger partial charge is 0.345 e. The Morgan fingerprint density at radius 3 is 2.35 bits per heavy atom. The van der Waals surface area contributed by atoms with E-state index in [-0.39, 0.29) is 17.4 Å². The average Bonchev–Trinajstić information content (AvgIpc) is 3.16. The number of nitrogens with one attached hydrogen (secondary N) is 1. The van der Waals surface area contributed by atoms with E-state index in [0.29, 0.717) is 17.7 Å². The molecule has 26 heavy (non-hydrogen) atoms. The van der Waals surface area contributed by atoms with Crippen molar-refractivity contribution >= 4 is 17.5 Å². The van der Waals surface area contributed by atoms with Crippen LogP contribution in [0.3, 0.4) is 0 Å². The Balaban J connectivity index is 1.77. The van der Waals surface area contributed by atoms with E-state index in [9.17, 15) is 9.59 Å². The van der Waals surface area contributed by atoms with Crippen LogP contribution in [0.1, 0.15) is 46.4 Å². The van der Waals surface area contributed by atoms with E-state index < -0.39 is 0 Å². The highest BCUT2D eigenvalue weighted by atomic mass is 16.2. The van der Waals surface area contributed by atoms with Gasteiger partial charge in [-0.3, -0.25) is 9.59 Å². The van der Waals surface area contributed by atoms with Gasteiger partial charge in [0, 0.05) is 30.4 Å². The van der Waals surface area contributed by atoms with Gasteiger partial charge < -0.3 is 16.0 Å². The summed E-state index contributed by atoms with van der Waals surface area (Å²) in [6.07, 6.45) is 3.98. The van der Waals surface area contributed by atoms with Crippen molar-refractivity contribution in [1.82, 2.24) is 5.32 Å². The summed E-state index contributed by atoms with van der Waals surface area (Å²) in [5.74, 6) is -0.324. The lowest BCUT2D eigenvalue weighted by atomic mass is 9.97. The van der Waals surface area contributed by atoms with Gasteiger partial charge in [0.05, 0.1) is 5.54 Å². The maximum Gasteiger partial charge on any atom is 0.258 e. The van der Waals surface area contributed by atoms with Crippen molar-refractivity contribution in [2.45, 2.75) is 31.2 Å². The molecule has 0 aliphatic heterocycles. The van der Waals surface area contributed by atoms with Crippen LogP contribution in [0, 0.1) is 0 Å². The molecule has 5 heteroatoms. The molecule has 3 N–H and O–H groups in total. The van der Waals surface area contributed by atoms with Crippen LogP contribution in [0.4, 0.5) is 5.69 Å². The highest BCUT2D eigenvalue weighted by Gasteiger charge is 2.34. The molecule has 1 saturated carbocycles. The van der Waals surface area contributed by atoms with E-state index in [1.165, 1.54) is 0 Å². The van der Waals surface area contributed by atoms with Gasteiger partial charge in [0.15, 0.2) is 0 Å². The molecule has 0 radical (unpaired) electrons. The molecule has 0 aromatic heterocycles. The summed E-state index contributed by atoms with van der Waals surface area (Å²) >= 11 is 0. The van der Waals surface area contributed by atoms with E-state index in [1.807, 2.05) is 30.3 Å². The molecule has 136 valence electrons. The molecule has 2 aromatic carbocycles. The third-order valence-electron chi connectivity index (χ3n) is 5.15. The van der Waals surface area contributed by atoms with Gasteiger partial charge in [-0.05, 0) is 43.2 Å². The maximum atomic E-state index is 12.8. The Hall–Kier alpha value is -2.66. The lowest BCUT2D eigenvalue weighted by Crippen LogP contribution is -2.51. The molecule has 3 rings (SSSR count). The number of benzene rings is 2. The number of anilines is 1. The molecule has 1 aliphatic rings. The van der Waals surface area contributed by atoms with Gasteiger partial charge in [-0.25, -0.2) is 0 Å². The topological polar surface area (TPSA) is 75.4 Å². The van der Waals surface area contributed by atoms with Crippen molar-refractivity contribution in [3.05, 3.63) is 65.7 Å². The fourth-order valence-electron chi connectivity index (χ4n) is 3.50. The van der Waals surface area contributed by atoms with Crippen molar-refractivity contribution in [2.24, 2.45) is 5.73 Å². The zero-order chi connectivity index (χ0) is 18.6. The molecule has 0 atom stereocenters. The predicted molar refractivity (Wildman–Crippen MR) is 103 cm³/mol. The number of hydrogen-bond donors (Lipinski definition) is 2. The third-order valence-corrected chi connectivity index (χ3v) is 5.15. The predicted octanol–water partition coefficient (Wildman–Crippen LogP) is 2.96. The summed E-state index contributed by atoms with van der Waals surface area (Å²) in [6.45, 7) is 0.439. The monoisotopic (exact) mass is 351 g/mol. The molecule has 0 spiro atoms. The summed E-state index contributed by atoms with van der Waals surface area (Å²) in [5, 5.41) is 3.10. The lowest BCUT2D eigenvalue weighted by Gasteiger charge is -2.28. The van der Waals surface area contributed by atoms with Crippen molar-refractivity contribution in [2.75, 3.05) is 18.5 Å². The van der Waals surface area contributed by atoms with Gasteiger partial charge in [0.1, 0.15) is 0 Å². The Bertz CT molecular complexity index is 783. The number of nitrogens with zero attached hydrogens (tertiary/aromatic N) is 1. The Morgan fingerprint density at radius 2 is 1.69 bits per heavy atom. The normalized spacial score (nSPS) is 15.5. The molecule has 5 nitrogen and oxygen atoms in total. The molecule has 2 aromatic rings. The van der Waals surface area contributed by atoms with Gasteiger partial charge in [0.2, 0.25) is 0 Å². The summed E-state index contributed by atoms with van der Waals surface area (Å²) in [4.78, 5) is 27.0. The average molecular weight is 351 g/mol. The number of para-hydroxylation sites is 1. The SMILES string of the molecule is CN(C(=O)c1cccc(C(=O)NC2(CN)CCCC2)c1)c1ccccc1. The van der Waals surface area contributed by atoms with Crippen LogP contribution in [0.15, 0.2) is 54.6 Å². The minimum absolute atomic E-state index is 0.153. The molecular formula is C21H25N3O2. The number of amides is 2. The van der Waals surface area contributed by atoms with E-state index in [2.05, 4.69) is 5.32 Å². The quantitative estimate of drug-likeness (QED) is 0.869. The first-order valence-corrected chi connectivity index (χ1v) is 9.00. The second kappa shape index (κ2) is 7.70.